The number of H-pyrrole nitrogens is 1. The number of hydrogen-bond acceptors (Lipinski definition) is 4. The molecule has 0 saturated carbocycles. The first kappa shape index (κ1) is 20.9. The van der Waals surface area contributed by atoms with Gasteiger partial charge in [-0.3, -0.25) is 9.59 Å². The van der Waals surface area contributed by atoms with Gasteiger partial charge in [-0.1, -0.05) is 24.3 Å². The highest BCUT2D eigenvalue weighted by Gasteiger charge is 2.38. The Labute approximate surface area is 160 Å². The summed E-state index contributed by atoms with van der Waals surface area (Å²) in [7, 11) is 0. The van der Waals surface area contributed by atoms with Gasteiger partial charge in [0.25, 0.3) is 17.4 Å². The standard InChI is InChI=1S/C18H15F5N2O4/c19-17(20,6-11-7-28-8-29-11)10-3-1-9(2-4-10)12-5-13(15(24)26)16(27)25-14(12)18(21,22)23/h1-5,11H,6-8H2,(H2,24,26)(H,25,27). The molecule has 1 aliphatic rings. The van der Waals surface area contributed by atoms with E-state index in [1.165, 1.54) is 0 Å². The predicted molar refractivity (Wildman–Crippen MR) is 90.2 cm³/mol. The lowest BCUT2D eigenvalue weighted by atomic mass is 9.97. The predicted octanol–water partition coefficient (Wildman–Crippen LogP) is 3.01. The molecule has 3 rings (SSSR count). The van der Waals surface area contributed by atoms with Crippen LogP contribution >= 0.6 is 0 Å². The lowest BCUT2D eigenvalue weighted by molar-refractivity contribution is -0.140. The molecule has 11 heteroatoms. The van der Waals surface area contributed by atoms with E-state index in [4.69, 9.17) is 15.2 Å². The van der Waals surface area contributed by atoms with Gasteiger partial charge < -0.3 is 20.2 Å². The minimum Gasteiger partial charge on any atom is -0.365 e. The van der Waals surface area contributed by atoms with Gasteiger partial charge in [0.2, 0.25) is 0 Å². The number of alkyl halides is 5. The molecule has 3 N–H and O–H groups in total. The topological polar surface area (TPSA) is 94.4 Å². The number of carbonyl (C=O) groups is 1. The Bertz CT molecular complexity index is 964. The molecule has 0 radical (unpaired) electrons. The number of amides is 1. The summed E-state index contributed by atoms with van der Waals surface area (Å²) in [5.41, 5.74) is 0.513. The summed E-state index contributed by atoms with van der Waals surface area (Å²) < 4.78 is 78.6. The lowest BCUT2D eigenvalue weighted by Gasteiger charge is -2.20. The van der Waals surface area contributed by atoms with Crippen molar-refractivity contribution in [2.75, 3.05) is 13.4 Å². The van der Waals surface area contributed by atoms with Crippen molar-refractivity contribution in [3.05, 3.63) is 57.5 Å². The first-order valence-electron chi connectivity index (χ1n) is 8.31. The monoisotopic (exact) mass is 418 g/mol. The van der Waals surface area contributed by atoms with E-state index < -0.39 is 58.5 Å². The number of aromatic nitrogens is 1. The fourth-order valence-corrected chi connectivity index (χ4v) is 2.95. The highest BCUT2D eigenvalue weighted by atomic mass is 19.4. The van der Waals surface area contributed by atoms with Gasteiger partial charge in [0.1, 0.15) is 18.1 Å². The van der Waals surface area contributed by atoms with Crippen molar-refractivity contribution in [2.45, 2.75) is 24.6 Å². The van der Waals surface area contributed by atoms with E-state index in [0.29, 0.717) is 6.07 Å². The van der Waals surface area contributed by atoms with Crippen LogP contribution in [0.5, 0.6) is 0 Å². The van der Waals surface area contributed by atoms with Crippen molar-refractivity contribution in [3.63, 3.8) is 0 Å². The zero-order chi connectivity index (χ0) is 21.4. The second kappa shape index (κ2) is 7.56. The van der Waals surface area contributed by atoms with Gasteiger partial charge in [0.15, 0.2) is 0 Å². The molecule has 1 atom stereocenters. The molecule has 1 aromatic heterocycles. The number of nitrogens with one attached hydrogen (secondary N) is 1. The van der Waals surface area contributed by atoms with Gasteiger partial charge in [-0.15, -0.1) is 0 Å². The highest BCUT2D eigenvalue weighted by molar-refractivity contribution is 5.93. The molecule has 0 aliphatic carbocycles. The van der Waals surface area contributed by atoms with Crippen LogP contribution in [0.2, 0.25) is 0 Å². The molecule has 156 valence electrons. The van der Waals surface area contributed by atoms with Crippen molar-refractivity contribution in [1.29, 1.82) is 0 Å². The third-order valence-electron chi connectivity index (χ3n) is 4.38. The van der Waals surface area contributed by atoms with Gasteiger partial charge >= 0.3 is 6.18 Å². The van der Waals surface area contributed by atoms with Crippen LogP contribution in [-0.4, -0.2) is 30.4 Å². The van der Waals surface area contributed by atoms with E-state index in [0.717, 1.165) is 24.3 Å². The number of ether oxygens (including phenoxy) is 2. The van der Waals surface area contributed by atoms with Crippen molar-refractivity contribution in [2.24, 2.45) is 5.73 Å². The number of primary amides is 1. The van der Waals surface area contributed by atoms with Crippen LogP contribution in [0.15, 0.2) is 35.1 Å². The second-order valence-corrected chi connectivity index (χ2v) is 6.43. The van der Waals surface area contributed by atoms with E-state index in [-0.39, 0.29) is 19.0 Å². The molecule has 0 spiro atoms. The van der Waals surface area contributed by atoms with Crippen LogP contribution in [0.4, 0.5) is 22.0 Å². The second-order valence-electron chi connectivity index (χ2n) is 6.43. The molecule has 0 bridgehead atoms. The number of halogens is 5. The number of rotatable bonds is 5. The number of aromatic amines is 1. The number of benzene rings is 1. The first-order chi connectivity index (χ1) is 13.5. The Morgan fingerprint density at radius 1 is 1.17 bits per heavy atom. The summed E-state index contributed by atoms with van der Waals surface area (Å²) in [6.45, 7) is -0.0514. The minimum atomic E-state index is -4.95. The Kier molecular flexibility index (Phi) is 5.46. The van der Waals surface area contributed by atoms with Gasteiger partial charge in [0, 0.05) is 17.5 Å². The summed E-state index contributed by atoms with van der Waals surface area (Å²) in [4.78, 5) is 24.6. The van der Waals surface area contributed by atoms with Crippen LogP contribution in [0, 0.1) is 0 Å². The quantitative estimate of drug-likeness (QED) is 0.730. The van der Waals surface area contributed by atoms with Crippen LogP contribution < -0.4 is 11.3 Å². The van der Waals surface area contributed by atoms with Gasteiger partial charge in [-0.05, 0) is 11.6 Å². The number of nitrogens with two attached hydrogens (primary N) is 1. The van der Waals surface area contributed by atoms with Gasteiger partial charge in [-0.2, -0.15) is 13.2 Å². The maximum atomic E-state index is 14.4. The molecule has 1 fully saturated rings. The SMILES string of the molecule is NC(=O)c1cc(-c2ccc(C(F)(F)CC3COCO3)cc2)c(C(F)(F)F)[nH]c1=O. The number of pyridine rings is 1. The van der Waals surface area contributed by atoms with E-state index in [1.807, 2.05) is 0 Å². The molecule has 1 aliphatic heterocycles. The summed E-state index contributed by atoms with van der Waals surface area (Å²) >= 11 is 0. The molecule has 2 aromatic rings. The third kappa shape index (κ3) is 4.46. The van der Waals surface area contributed by atoms with E-state index in [9.17, 15) is 31.5 Å². The first-order valence-corrected chi connectivity index (χ1v) is 8.31. The number of hydrogen-bond donors (Lipinski definition) is 2. The Morgan fingerprint density at radius 3 is 2.34 bits per heavy atom. The summed E-state index contributed by atoms with van der Waals surface area (Å²) in [6, 6.07) is 4.73. The van der Waals surface area contributed by atoms with Crippen LogP contribution in [0.25, 0.3) is 11.1 Å². The molecule has 1 unspecified atom stereocenters. The molecule has 6 nitrogen and oxygen atoms in total. The summed E-state index contributed by atoms with van der Waals surface area (Å²) in [6.07, 6.45) is -6.39. The Balaban J connectivity index is 1.99. The maximum Gasteiger partial charge on any atom is 0.431 e. The molecular weight excluding hydrogens is 403 g/mol. The largest absolute Gasteiger partial charge is 0.431 e. The van der Waals surface area contributed by atoms with E-state index in [2.05, 4.69) is 0 Å². The van der Waals surface area contributed by atoms with Crippen molar-refractivity contribution in [3.8, 4) is 11.1 Å². The van der Waals surface area contributed by atoms with Gasteiger partial charge in [-0.25, -0.2) is 8.78 Å². The zero-order valence-electron chi connectivity index (χ0n) is 14.7. The Morgan fingerprint density at radius 2 is 1.83 bits per heavy atom. The molecule has 2 heterocycles. The third-order valence-corrected chi connectivity index (χ3v) is 4.38. The van der Waals surface area contributed by atoms with Crippen molar-refractivity contribution in [1.82, 2.24) is 4.98 Å². The maximum absolute atomic E-state index is 14.4. The summed E-state index contributed by atoms with van der Waals surface area (Å²) in [5, 5.41) is 0. The highest BCUT2D eigenvalue weighted by Crippen LogP contribution is 2.38. The van der Waals surface area contributed by atoms with Crippen LogP contribution in [-0.2, 0) is 21.6 Å². The average molecular weight is 418 g/mol. The van der Waals surface area contributed by atoms with E-state index >= 15 is 0 Å². The normalized spacial score (nSPS) is 17.5. The van der Waals surface area contributed by atoms with Crippen molar-refractivity contribution < 1.29 is 36.2 Å². The fourth-order valence-electron chi connectivity index (χ4n) is 2.95. The molecule has 1 aromatic carbocycles. The lowest BCUT2D eigenvalue weighted by Crippen LogP contribution is -2.27. The number of carbonyl (C=O) groups excluding carboxylic acids is 1. The molecule has 1 saturated heterocycles. The zero-order valence-corrected chi connectivity index (χ0v) is 14.7. The Hall–Kier alpha value is -2.79. The summed E-state index contributed by atoms with van der Waals surface area (Å²) in [5.74, 6) is -4.52. The van der Waals surface area contributed by atoms with E-state index in [1.54, 1.807) is 4.98 Å². The molecular formula is C18H15F5N2O4. The molecule has 29 heavy (non-hydrogen) atoms. The van der Waals surface area contributed by atoms with Crippen LogP contribution in [0.3, 0.4) is 0 Å². The fraction of sp³-hybridized carbons (Fsp3) is 0.333. The smallest absolute Gasteiger partial charge is 0.365 e. The molecule has 1 amide bonds. The van der Waals surface area contributed by atoms with Crippen LogP contribution in [0.1, 0.15) is 28.0 Å². The van der Waals surface area contributed by atoms with Gasteiger partial charge in [0.05, 0.1) is 12.7 Å². The minimum absolute atomic E-state index is 0.0237. The average Bonchev–Trinajstić information content (AvgIpc) is 3.13. The van der Waals surface area contributed by atoms with Crippen molar-refractivity contribution >= 4 is 5.91 Å².